The Morgan fingerprint density at radius 1 is 1.35 bits per heavy atom. The van der Waals surface area contributed by atoms with Gasteiger partial charge in [0.15, 0.2) is 9.84 Å². The van der Waals surface area contributed by atoms with E-state index in [2.05, 4.69) is 9.97 Å². The lowest BCUT2D eigenvalue weighted by Crippen LogP contribution is -2.46. The molecular formula is C11H17N3O2S. The predicted molar refractivity (Wildman–Crippen MR) is 67.0 cm³/mol. The van der Waals surface area contributed by atoms with Crippen molar-refractivity contribution < 1.29 is 8.42 Å². The molecule has 0 amide bonds. The maximum absolute atomic E-state index is 11.6. The zero-order chi connectivity index (χ0) is 12.6. The summed E-state index contributed by atoms with van der Waals surface area (Å²) in [7, 11) is -2.91. The van der Waals surface area contributed by atoms with Crippen LogP contribution in [0, 0.1) is 13.8 Å². The number of rotatable bonds is 1. The van der Waals surface area contributed by atoms with Gasteiger partial charge in [0.1, 0.15) is 11.6 Å². The first-order valence-electron chi connectivity index (χ1n) is 5.67. The van der Waals surface area contributed by atoms with Crippen LogP contribution in [-0.2, 0) is 9.84 Å². The van der Waals surface area contributed by atoms with Crippen molar-refractivity contribution in [3.8, 4) is 0 Å². The van der Waals surface area contributed by atoms with Crippen LogP contribution < -0.4 is 4.90 Å². The first-order chi connectivity index (χ1) is 7.88. The fraction of sp³-hybridized carbons (Fsp3) is 0.636. The summed E-state index contributed by atoms with van der Waals surface area (Å²) < 4.78 is 23.3. The maximum Gasteiger partial charge on any atom is 0.156 e. The standard InChI is InChI=1S/C11H17N3O2S/c1-8-6-11(13-10(3)12-8)14-4-5-17(15,16)9(2)7-14/h6,9H,4-5,7H2,1-3H3. The molecule has 1 unspecified atom stereocenters. The fourth-order valence-corrected chi connectivity index (χ4v) is 3.31. The van der Waals surface area contributed by atoms with Gasteiger partial charge in [-0.05, 0) is 20.8 Å². The van der Waals surface area contributed by atoms with Crippen LogP contribution in [0.1, 0.15) is 18.4 Å². The van der Waals surface area contributed by atoms with Crippen molar-refractivity contribution in [2.24, 2.45) is 0 Å². The summed E-state index contributed by atoms with van der Waals surface area (Å²) in [6, 6.07) is 1.90. The minimum Gasteiger partial charge on any atom is -0.354 e. The second-order valence-corrected chi connectivity index (χ2v) is 7.08. The highest BCUT2D eigenvalue weighted by Crippen LogP contribution is 2.19. The number of hydrogen-bond donors (Lipinski definition) is 0. The monoisotopic (exact) mass is 255 g/mol. The van der Waals surface area contributed by atoms with Gasteiger partial charge in [0, 0.05) is 24.8 Å². The van der Waals surface area contributed by atoms with Crippen molar-refractivity contribution in [3.05, 3.63) is 17.6 Å². The number of sulfone groups is 1. The predicted octanol–water partition coefficient (Wildman–Crippen LogP) is 0.717. The molecule has 2 heterocycles. The van der Waals surface area contributed by atoms with Gasteiger partial charge in [-0.2, -0.15) is 0 Å². The molecule has 0 spiro atoms. The van der Waals surface area contributed by atoms with Gasteiger partial charge in [0.2, 0.25) is 0 Å². The Bertz CT molecular complexity index is 507. The Balaban J connectivity index is 2.25. The quantitative estimate of drug-likeness (QED) is 0.740. The minimum absolute atomic E-state index is 0.205. The molecule has 17 heavy (non-hydrogen) atoms. The van der Waals surface area contributed by atoms with E-state index < -0.39 is 9.84 Å². The van der Waals surface area contributed by atoms with Crippen LogP contribution >= 0.6 is 0 Å². The van der Waals surface area contributed by atoms with E-state index in [1.165, 1.54) is 0 Å². The second kappa shape index (κ2) is 4.25. The maximum atomic E-state index is 11.6. The van der Waals surface area contributed by atoms with Crippen LogP contribution in [0.15, 0.2) is 6.07 Å². The first-order valence-corrected chi connectivity index (χ1v) is 7.39. The topological polar surface area (TPSA) is 63.2 Å². The lowest BCUT2D eigenvalue weighted by molar-refractivity contribution is 0.568. The third-order valence-electron chi connectivity index (χ3n) is 3.01. The van der Waals surface area contributed by atoms with Crippen LogP contribution in [0.3, 0.4) is 0 Å². The van der Waals surface area contributed by atoms with E-state index in [0.717, 1.165) is 17.3 Å². The van der Waals surface area contributed by atoms with Crippen molar-refractivity contribution in [2.45, 2.75) is 26.0 Å². The SMILES string of the molecule is Cc1cc(N2CCS(=O)(=O)C(C)C2)nc(C)n1. The number of nitrogens with zero attached hydrogens (tertiary/aromatic N) is 3. The van der Waals surface area contributed by atoms with E-state index in [0.29, 0.717) is 13.1 Å². The van der Waals surface area contributed by atoms with Gasteiger partial charge in [0.05, 0.1) is 11.0 Å². The average molecular weight is 255 g/mol. The Labute approximate surface area is 102 Å². The van der Waals surface area contributed by atoms with Gasteiger partial charge in [-0.15, -0.1) is 0 Å². The zero-order valence-corrected chi connectivity index (χ0v) is 11.2. The molecule has 94 valence electrons. The summed E-state index contributed by atoms with van der Waals surface area (Å²) in [4.78, 5) is 10.6. The summed E-state index contributed by atoms with van der Waals surface area (Å²) >= 11 is 0. The smallest absolute Gasteiger partial charge is 0.156 e. The summed E-state index contributed by atoms with van der Waals surface area (Å²) in [5.41, 5.74) is 0.911. The van der Waals surface area contributed by atoms with Gasteiger partial charge >= 0.3 is 0 Å². The van der Waals surface area contributed by atoms with E-state index in [-0.39, 0.29) is 11.0 Å². The summed E-state index contributed by atoms with van der Waals surface area (Å²) in [6.07, 6.45) is 0. The first kappa shape index (κ1) is 12.3. The van der Waals surface area contributed by atoms with Gasteiger partial charge < -0.3 is 4.90 Å². The van der Waals surface area contributed by atoms with E-state index in [4.69, 9.17) is 0 Å². The highest BCUT2D eigenvalue weighted by atomic mass is 32.2. The molecule has 1 aliphatic heterocycles. The van der Waals surface area contributed by atoms with Crippen molar-refractivity contribution >= 4 is 15.7 Å². The number of anilines is 1. The lowest BCUT2D eigenvalue weighted by atomic mass is 10.3. The summed E-state index contributed by atoms with van der Waals surface area (Å²) in [5.74, 6) is 1.76. The Hall–Kier alpha value is -1.17. The molecule has 1 aromatic heterocycles. The third kappa shape index (κ3) is 2.57. The third-order valence-corrected chi connectivity index (χ3v) is 5.14. The van der Waals surface area contributed by atoms with Crippen LogP contribution in [0.5, 0.6) is 0 Å². The Morgan fingerprint density at radius 2 is 2.06 bits per heavy atom. The van der Waals surface area contributed by atoms with Gasteiger partial charge in [-0.25, -0.2) is 18.4 Å². The van der Waals surface area contributed by atoms with Crippen molar-refractivity contribution in [1.82, 2.24) is 9.97 Å². The molecule has 1 atom stereocenters. The normalized spacial score (nSPS) is 23.7. The molecule has 0 aliphatic carbocycles. The molecule has 1 aliphatic rings. The van der Waals surface area contributed by atoms with Crippen molar-refractivity contribution in [1.29, 1.82) is 0 Å². The highest BCUT2D eigenvalue weighted by Gasteiger charge is 2.30. The molecule has 2 rings (SSSR count). The summed E-state index contributed by atoms with van der Waals surface area (Å²) in [6.45, 7) is 6.55. The molecule has 1 saturated heterocycles. The molecule has 0 aromatic carbocycles. The minimum atomic E-state index is -2.91. The van der Waals surface area contributed by atoms with E-state index in [1.807, 2.05) is 24.8 Å². The van der Waals surface area contributed by atoms with Crippen molar-refractivity contribution in [3.63, 3.8) is 0 Å². The zero-order valence-electron chi connectivity index (χ0n) is 10.3. The average Bonchev–Trinajstić information content (AvgIpc) is 2.20. The van der Waals surface area contributed by atoms with Crippen LogP contribution in [0.25, 0.3) is 0 Å². The Kier molecular flexibility index (Phi) is 3.07. The molecule has 1 fully saturated rings. The largest absolute Gasteiger partial charge is 0.354 e. The molecule has 0 saturated carbocycles. The lowest BCUT2D eigenvalue weighted by Gasteiger charge is -2.31. The van der Waals surface area contributed by atoms with E-state index in [9.17, 15) is 8.42 Å². The van der Waals surface area contributed by atoms with Crippen LogP contribution in [0.2, 0.25) is 0 Å². The van der Waals surface area contributed by atoms with E-state index >= 15 is 0 Å². The molecule has 0 N–H and O–H groups in total. The molecule has 6 heteroatoms. The molecule has 0 radical (unpaired) electrons. The van der Waals surface area contributed by atoms with Gasteiger partial charge in [0.25, 0.3) is 0 Å². The highest BCUT2D eigenvalue weighted by molar-refractivity contribution is 7.92. The molecule has 1 aromatic rings. The Morgan fingerprint density at radius 3 is 2.65 bits per heavy atom. The van der Waals surface area contributed by atoms with Gasteiger partial charge in [-0.3, -0.25) is 0 Å². The number of aromatic nitrogens is 2. The molecular weight excluding hydrogens is 238 g/mol. The molecule has 5 nitrogen and oxygen atoms in total. The fourth-order valence-electron chi connectivity index (χ4n) is 2.02. The number of aryl methyl sites for hydroxylation is 2. The summed E-state index contributed by atoms with van der Waals surface area (Å²) in [5, 5.41) is -0.327. The van der Waals surface area contributed by atoms with E-state index in [1.54, 1.807) is 6.92 Å². The molecule has 0 bridgehead atoms. The second-order valence-electron chi connectivity index (χ2n) is 4.54. The van der Waals surface area contributed by atoms with Crippen LogP contribution in [-0.4, -0.2) is 42.5 Å². The number of hydrogen-bond acceptors (Lipinski definition) is 5. The van der Waals surface area contributed by atoms with Gasteiger partial charge in [-0.1, -0.05) is 0 Å². The van der Waals surface area contributed by atoms with Crippen molar-refractivity contribution in [2.75, 3.05) is 23.7 Å². The van der Waals surface area contributed by atoms with Crippen LogP contribution in [0.4, 0.5) is 5.82 Å².